The number of nitrogens with one attached hydrogen (secondary N) is 2. The van der Waals surface area contributed by atoms with Crippen molar-refractivity contribution in [2.24, 2.45) is 0 Å². The summed E-state index contributed by atoms with van der Waals surface area (Å²) in [6.07, 6.45) is 0.558. The Hall–Kier alpha value is -4.31. The van der Waals surface area contributed by atoms with Crippen LogP contribution in [0.15, 0.2) is 71.6 Å². The van der Waals surface area contributed by atoms with Gasteiger partial charge in [0.15, 0.2) is 0 Å². The number of carboxylic acid groups (broad SMARTS) is 2. The number of carbonyl (C=O) groups is 4. The van der Waals surface area contributed by atoms with Crippen LogP contribution in [0.25, 0.3) is 0 Å². The number of amides is 2. The van der Waals surface area contributed by atoms with Crippen molar-refractivity contribution < 1.29 is 34.1 Å². The minimum absolute atomic E-state index is 0.170. The van der Waals surface area contributed by atoms with Gasteiger partial charge in [0.2, 0.25) is 5.91 Å². The summed E-state index contributed by atoms with van der Waals surface area (Å²) in [6.45, 7) is 4.35. The predicted octanol–water partition coefficient (Wildman–Crippen LogP) is 5.24. The fourth-order valence-corrected chi connectivity index (χ4v) is 4.42. The largest absolute Gasteiger partial charge is 0.494 e. The quantitative estimate of drug-likeness (QED) is 0.250. The van der Waals surface area contributed by atoms with Gasteiger partial charge in [-0.3, -0.25) is 9.59 Å². The standard InChI is InChI=1S/C27H26N2O7S/c1-3-23(25(31)28-17-9-11-19(12-10-17)36-4-2)37-20-7-5-6-18(15-20)29-24(30)21-13-8-16(26(32)33)14-22(21)27(34)35/h5-15,23H,3-4H2,1-2H3,(H,28,31)(H,29,30)(H,32,33)(H,34,35). The van der Waals surface area contributed by atoms with Crippen molar-refractivity contribution >= 4 is 46.9 Å². The molecule has 192 valence electrons. The Labute approximate surface area is 217 Å². The lowest BCUT2D eigenvalue weighted by atomic mass is 10.0. The molecule has 0 aromatic heterocycles. The maximum absolute atomic E-state index is 12.9. The summed E-state index contributed by atoms with van der Waals surface area (Å²) < 4.78 is 5.41. The summed E-state index contributed by atoms with van der Waals surface area (Å²) in [6, 6.07) is 17.2. The molecule has 9 nitrogen and oxygen atoms in total. The van der Waals surface area contributed by atoms with Gasteiger partial charge in [0.05, 0.1) is 28.5 Å². The number of anilines is 2. The number of carboxylic acids is 2. The lowest BCUT2D eigenvalue weighted by molar-refractivity contribution is -0.115. The van der Waals surface area contributed by atoms with E-state index in [1.54, 1.807) is 48.5 Å². The number of ether oxygens (including phenoxy) is 1. The maximum atomic E-state index is 12.9. The highest BCUT2D eigenvalue weighted by molar-refractivity contribution is 8.00. The molecule has 0 spiro atoms. The Kier molecular flexibility index (Phi) is 9.28. The molecule has 1 atom stereocenters. The average molecular weight is 523 g/mol. The van der Waals surface area contributed by atoms with Gasteiger partial charge in [0, 0.05) is 16.3 Å². The highest BCUT2D eigenvalue weighted by atomic mass is 32.2. The lowest BCUT2D eigenvalue weighted by Gasteiger charge is -2.16. The fourth-order valence-electron chi connectivity index (χ4n) is 3.41. The van der Waals surface area contributed by atoms with E-state index in [9.17, 15) is 24.3 Å². The minimum atomic E-state index is -1.41. The molecule has 0 fully saturated rings. The summed E-state index contributed by atoms with van der Waals surface area (Å²) in [5.41, 5.74) is 0.227. The Bertz CT molecular complexity index is 1310. The molecular weight excluding hydrogens is 496 g/mol. The monoisotopic (exact) mass is 522 g/mol. The second kappa shape index (κ2) is 12.6. The van der Waals surface area contributed by atoms with Crippen LogP contribution in [-0.4, -0.2) is 45.8 Å². The molecule has 0 heterocycles. The van der Waals surface area contributed by atoms with Crippen molar-refractivity contribution in [1.82, 2.24) is 0 Å². The van der Waals surface area contributed by atoms with E-state index in [1.165, 1.54) is 23.9 Å². The van der Waals surface area contributed by atoms with Crippen molar-refractivity contribution in [2.45, 2.75) is 30.4 Å². The molecule has 3 aromatic carbocycles. The molecule has 10 heteroatoms. The molecule has 0 radical (unpaired) electrons. The molecule has 2 amide bonds. The molecule has 0 aliphatic rings. The van der Waals surface area contributed by atoms with Gasteiger partial charge in [-0.15, -0.1) is 11.8 Å². The molecule has 0 bridgehead atoms. The summed E-state index contributed by atoms with van der Waals surface area (Å²) in [5, 5.41) is 23.7. The first-order chi connectivity index (χ1) is 17.7. The van der Waals surface area contributed by atoms with Gasteiger partial charge in [0.25, 0.3) is 5.91 Å². The van der Waals surface area contributed by atoms with Crippen LogP contribution in [0.4, 0.5) is 11.4 Å². The van der Waals surface area contributed by atoms with E-state index in [0.29, 0.717) is 30.2 Å². The number of aromatic carboxylic acids is 2. The van der Waals surface area contributed by atoms with E-state index in [2.05, 4.69) is 10.6 Å². The van der Waals surface area contributed by atoms with Crippen molar-refractivity contribution in [2.75, 3.05) is 17.2 Å². The maximum Gasteiger partial charge on any atom is 0.336 e. The third-order valence-electron chi connectivity index (χ3n) is 5.21. The summed E-state index contributed by atoms with van der Waals surface area (Å²) >= 11 is 1.33. The van der Waals surface area contributed by atoms with Gasteiger partial charge in [0.1, 0.15) is 5.75 Å². The van der Waals surface area contributed by atoms with E-state index in [0.717, 1.165) is 11.0 Å². The Morgan fingerprint density at radius 2 is 1.57 bits per heavy atom. The van der Waals surface area contributed by atoms with E-state index in [1.807, 2.05) is 13.8 Å². The summed E-state index contributed by atoms with van der Waals surface area (Å²) in [7, 11) is 0. The van der Waals surface area contributed by atoms with Gasteiger partial charge in [-0.05, 0) is 74.0 Å². The van der Waals surface area contributed by atoms with Crippen molar-refractivity contribution in [3.8, 4) is 5.75 Å². The molecule has 1 unspecified atom stereocenters. The zero-order valence-electron chi connectivity index (χ0n) is 20.2. The lowest BCUT2D eigenvalue weighted by Crippen LogP contribution is -2.24. The van der Waals surface area contributed by atoms with Gasteiger partial charge in [-0.25, -0.2) is 9.59 Å². The molecule has 0 saturated heterocycles. The second-order valence-electron chi connectivity index (χ2n) is 7.81. The molecule has 0 saturated carbocycles. The van der Waals surface area contributed by atoms with Crippen LogP contribution in [0.2, 0.25) is 0 Å². The third-order valence-corrected chi connectivity index (χ3v) is 6.57. The van der Waals surface area contributed by atoms with E-state index < -0.39 is 28.7 Å². The van der Waals surface area contributed by atoms with Crippen LogP contribution in [0.1, 0.15) is 51.3 Å². The predicted molar refractivity (Wildman–Crippen MR) is 141 cm³/mol. The Morgan fingerprint density at radius 3 is 2.19 bits per heavy atom. The molecule has 0 aliphatic heterocycles. The Balaban J connectivity index is 1.70. The van der Waals surface area contributed by atoms with Crippen LogP contribution in [0.5, 0.6) is 5.75 Å². The first-order valence-electron chi connectivity index (χ1n) is 11.4. The summed E-state index contributed by atoms with van der Waals surface area (Å²) in [5.74, 6) is -2.86. The molecule has 3 aromatic rings. The van der Waals surface area contributed by atoms with Crippen LogP contribution >= 0.6 is 11.8 Å². The summed E-state index contributed by atoms with van der Waals surface area (Å²) in [4.78, 5) is 49.1. The molecule has 37 heavy (non-hydrogen) atoms. The van der Waals surface area contributed by atoms with Crippen molar-refractivity contribution in [3.63, 3.8) is 0 Å². The fraction of sp³-hybridized carbons (Fsp3) is 0.185. The molecule has 4 N–H and O–H groups in total. The number of hydrogen-bond donors (Lipinski definition) is 4. The van der Waals surface area contributed by atoms with Crippen LogP contribution in [-0.2, 0) is 4.79 Å². The first kappa shape index (κ1) is 27.3. The number of hydrogen-bond acceptors (Lipinski definition) is 6. The zero-order valence-corrected chi connectivity index (χ0v) is 21.0. The Morgan fingerprint density at radius 1 is 0.838 bits per heavy atom. The highest BCUT2D eigenvalue weighted by Gasteiger charge is 2.21. The average Bonchev–Trinajstić information content (AvgIpc) is 2.88. The van der Waals surface area contributed by atoms with Crippen LogP contribution in [0, 0.1) is 0 Å². The van der Waals surface area contributed by atoms with Crippen LogP contribution < -0.4 is 15.4 Å². The highest BCUT2D eigenvalue weighted by Crippen LogP contribution is 2.29. The topological polar surface area (TPSA) is 142 Å². The van der Waals surface area contributed by atoms with Gasteiger partial charge < -0.3 is 25.6 Å². The van der Waals surface area contributed by atoms with E-state index in [-0.39, 0.29) is 17.0 Å². The van der Waals surface area contributed by atoms with E-state index >= 15 is 0 Å². The molecular formula is C27H26N2O7S. The smallest absolute Gasteiger partial charge is 0.336 e. The number of carbonyl (C=O) groups excluding carboxylic acids is 2. The minimum Gasteiger partial charge on any atom is -0.494 e. The molecule has 3 rings (SSSR count). The second-order valence-corrected chi connectivity index (χ2v) is 9.09. The van der Waals surface area contributed by atoms with Gasteiger partial charge in [-0.2, -0.15) is 0 Å². The molecule has 0 aliphatic carbocycles. The normalized spacial score (nSPS) is 11.3. The first-order valence-corrected chi connectivity index (χ1v) is 12.3. The van der Waals surface area contributed by atoms with E-state index in [4.69, 9.17) is 9.84 Å². The SMILES string of the molecule is CCOc1ccc(NC(=O)C(CC)Sc2cccc(NC(=O)c3ccc(C(=O)O)cc3C(=O)O)c2)cc1. The van der Waals surface area contributed by atoms with Crippen LogP contribution in [0.3, 0.4) is 0 Å². The third kappa shape index (κ3) is 7.34. The number of rotatable bonds is 11. The number of benzene rings is 3. The van der Waals surface area contributed by atoms with Crippen molar-refractivity contribution in [3.05, 3.63) is 83.4 Å². The van der Waals surface area contributed by atoms with Gasteiger partial charge in [-0.1, -0.05) is 13.0 Å². The zero-order chi connectivity index (χ0) is 26.9. The number of thioether (sulfide) groups is 1. The van der Waals surface area contributed by atoms with Gasteiger partial charge >= 0.3 is 11.9 Å². The van der Waals surface area contributed by atoms with Crippen molar-refractivity contribution in [1.29, 1.82) is 0 Å².